The van der Waals surface area contributed by atoms with Gasteiger partial charge < -0.3 is 19.7 Å². The maximum Gasteiger partial charge on any atom is 0.254 e. The summed E-state index contributed by atoms with van der Waals surface area (Å²) < 4.78 is 11.6. The number of hydrogen-bond donors (Lipinski definition) is 1. The minimum atomic E-state index is 0.0935. The summed E-state index contributed by atoms with van der Waals surface area (Å²) in [5.74, 6) is 1.49. The van der Waals surface area contributed by atoms with Gasteiger partial charge >= 0.3 is 0 Å². The quantitative estimate of drug-likeness (QED) is 0.756. The molecule has 2 heterocycles. The molecule has 1 aromatic rings. The average Bonchev–Trinajstić information content (AvgIpc) is 3.21. The number of nitrogens with zero attached hydrogens (tertiary/aromatic N) is 2. The van der Waals surface area contributed by atoms with Gasteiger partial charge in [-0.2, -0.15) is 0 Å². The van der Waals surface area contributed by atoms with Crippen LogP contribution in [-0.2, 0) is 0 Å². The monoisotopic (exact) mass is 375 g/mol. The van der Waals surface area contributed by atoms with Gasteiger partial charge in [-0.05, 0) is 37.5 Å². The van der Waals surface area contributed by atoms with E-state index in [-0.39, 0.29) is 5.91 Å². The van der Waals surface area contributed by atoms with Gasteiger partial charge in [-0.15, -0.1) is 0 Å². The molecule has 0 bridgehead atoms. The minimum Gasteiger partial charge on any atom is -0.490 e. The first-order valence-electron chi connectivity index (χ1n) is 10.4. The van der Waals surface area contributed by atoms with Gasteiger partial charge in [-0.1, -0.05) is 13.8 Å². The van der Waals surface area contributed by atoms with E-state index in [1.165, 1.54) is 0 Å². The fourth-order valence-electron chi connectivity index (χ4n) is 3.75. The zero-order valence-corrected chi connectivity index (χ0v) is 16.7. The first-order chi connectivity index (χ1) is 13.2. The normalized spacial score (nSPS) is 20.7. The van der Waals surface area contributed by atoms with Crippen molar-refractivity contribution in [3.8, 4) is 11.5 Å². The van der Waals surface area contributed by atoms with Gasteiger partial charge in [0.1, 0.15) is 0 Å². The van der Waals surface area contributed by atoms with Crippen LogP contribution in [0.2, 0.25) is 0 Å². The van der Waals surface area contributed by atoms with Gasteiger partial charge in [0.05, 0.1) is 13.2 Å². The molecular weight excluding hydrogens is 342 g/mol. The standard InChI is InChI=1S/C21H33N3O3/c1-3-13-26-19-6-5-17(15-20(19)27-14-4-2)21(25)24-10-7-18(16-24)23-11-8-22-9-12-23/h5-6,15,18,22H,3-4,7-14,16H2,1-2H3. The zero-order chi connectivity index (χ0) is 19.1. The molecule has 3 rings (SSSR count). The molecule has 6 nitrogen and oxygen atoms in total. The lowest BCUT2D eigenvalue weighted by molar-refractivity contribution is 0.0773. The van der Waals surface area contributed by atoms with Crippen molar-refractivity contribution < 1.29 is 14.3 Å². The fourth-order valence-corrected chi connectivity index (χ4v) is 3.75. The lowest BCUT2D eigenvalue weighted by Gasteiger charge is -2.32. The summed E-state index contributed by atoms with van der Waals surface area (Å²) in [7, 11) is 0. The van der Waals surface area contributed by atoms with Gasteiger partial charge in [-0.25, -0.2) is 0 Å². The number of hydrogen-bond acceptors (Lipinski definition) is 5. The number of nitrogens with one attached hydrogen (secondary N) is 1. The summed E-state index contributed by atoms with van der Waals surface area (Å²) in [5, 5.41) is 3.39. The Morgan fingerprint density at radius 1 is 1.07 bits per heavy atom. The van der Waals surface area contributed by atoms with Gasteiger partial charge in [0.15, 0.2) is 11.5 Å². The molecule has 0 spiro atoms. The van der Waals surface area contributed by atoms with Crippen LogP contribution in [0.4, 0.5) is 0 Å². The van der Waals surface area contributed by atoms with Gasteiger partial charge in [0.2, 0.25) is 0 Å². The molecule has 1 N–H and O–H groups in total. The molecule has 0 aliphatic carbocycles. The number of carbonyl (C=O) groups excluding carboxylic acids is 1. The second-order valence-electron chi connectivity index (χ2n) is 7.34. The zero-order valence-electron chi connectivity index (χ0n) is 16.7. The van der Waals surface area contributed by atoms with Crippen LogP contribution in [0.1, 0.15) is 43.5 Å². The van der Waals surface area contributed by atoms with E-state index in [9.17, 15) is 4.79 Å². The molecule has 0 saturated carbocycles. The highest BCUT2D eigenvalue weighted by atomic mass is 16.5. The fraction of sp³-hybridized carbons (Fsp3) is 0.667. The van der Waals surface area contributed by atoms with Crippen LogP contribution in [-0.4, -0.2) is 74.2 Å². The molecule has 2 aliphatic heterocycles. The summed E-state index contributed by atoms with van der Waals surface area (Å²) in [4.78, 5) is 17.5. The number of carbonyl (C=O) groups is 1. The minimum absolute atomic E-state index is 0.0935. The van der Waals surface area contributed by atoms with Crippen molar-refractivity contribution in [2.24, 2.45) is 0 Å². The summed E-state index contributed by atoms with van der Waals surface area (Å²) >= 11 is 0. The summed E-state index contributed by atoms with van der Waals surface area (Å²) in [6.07, 6.45) is 2.92. The Morgan fingerprint density at radius 3 is 2.48 bits per heavy atom. The summed E-state index contributed by atoms with van der Waals surface area (Å²) in [6, 6.07) is 6.07. The van der Waals surface area contributed by atoms with Crippen LogP contribution in [0.15, 0.2) is 18.2 Å². The highest BCUT2D eigenvalue weighted by molar-refractivity contribution is 5.95. The van der Waals surface area contributed by atoms with Crippen molar-refractivity contribution in [2.45, 2.75) is 39.2 Å². The number of rotatable bonds is 8. The van der Waals surface area contributed by atoms with Crippen LogP contribution in [0.5, 0.6) is 11.5 Å². The lowest BCUT2D eigenvalue weighted by atomic mass is 10.1. The average molecular weight is 376 g/mol. The van der Waals surface area contributed by atoms with Gasteiger partial charge in [-0.3, -0.25) is 9.69 Å². The number of benzene rings is 1. The van der Waals surface area contributed by atoms with E-state index in [0.717, 1.165) is 64.3 Å². The molecule has 6 heteroatoms. The Balaban J connectivity index is 1.66. The Bertz CT molecular complexity index is 617. The number of ether oxygens (including phenoxy) is 2. The second-order valence-corrected chi connectivity index (χ2v) is 7.34. The Hall–Kier alpha value is -1.79. The molecule has 2 aliphatic rings. The third kappa shape index (κ3) is 5.14. The van der Waals surface area contributed by atoms with Gasteiger partial charge in [0, 0.05) is 50.9 Å². The van der Waals surface area contributed by atoms with Crippen molar-refractivity contribution in [2.75, 3.05) is 52.5 Å². The summed E-state index contributed by atoms with van der Waals surface area (Å²) in [5.41, 5.74) is 0.686. The third-order valence-electron chi connectivity index (χ3n) is 5.23. The maximum absolute atomic E-state index is 13.0. The van der Waals surface area contributed by atoms with Crippen molar-refractivity contribution >= 4 is 5.91 Å². The molecule has 1 amide bonds. The molecule has 0 radical (unpaired) electrons. The lowest BCUT2D eigenvalue weighted by Crippen LogP contribution is -2.49. The predicted molar refractivity (Wildman–Crippen MR) is 107 cm³/mol. The van der Waals surface area contributed by atoms with Crippen molar-refractivity contribution in [3.63, 3.8) is 0 Å². The molecule has 150 valence electrons. The van der Waals surface area contributed by atoms with Crippen molar-refractivity contribution in [1.82, 2.24) is 15.1 Å². The maximum atomic E-state index is 13.0. The molecule has 2 saturated heterocycles. The Morgan fingerprint density at radius 2 is 1.78 bits per heavy atom. The number of likely N-dealkylation sites (tertiary alicyclic amines) is 1. The first-order valence-corrected chi connectivity index (χ1v) is 10.4. The van der Waals surface area contributed by atoms with E-state index in [4.69, 9.17) is 9.47 Å². The summed E-state index contributed by atoms with van der Waals surface area (Å²) in [6.45, 7) is 11.3. The molecule has 0 aromatic heterocycles. The number of amides is 1. The largest absolute Gasteiger partial charge is 0.490 e. The van der Waals surface area contributed by atoms with Crippen LogP contribution >= 0.6 is 0 Å². The highest BCUT2D eigenvalue weighted by Gasteiger charge is 2.31. The molecule has 1 aromatic carbocycles. The number of piperazine rings is 1. The van der Waals surface area contributed by atoms with E-state index >= 15 is 0 Å². The van der Waals surface area contributed by atoms with E-state index in [1.54, 1.807) is 0 Å². The van der Waals surface area contributed by atoms with E-state index < -0.39 is 0 Å². The van der Waals surface area contributed by atoms with Crippen LogP contribution in [0.3, 0.4) is 0 Å². The topological polar surface area (TPSA) is 54.0 Å². The second kappa shape index (κ2) is 9.95. The predicted octanol–water partition coefficient (Wildman–Crippen LogP) is 2.38. The van der Waals surface area contributed by atoms with E-state index in [2.05, 4.69) is 24.1 Å². The molecule has 2 fully saturated rings. The third-order valence-corrected chi connectivity index (χ3v) is 5.23. The van der Waals surface area contributed by atoms with Crippen LogP contribution < -0.4 is 14.8 Å². The van der Waals surface area contributed by atoms with Crippen LogP contribution in [0, 0.1) is 0 Å². The van der Waals surface area contributed by atoms with Crippen molar-refractivity contribution in [1.29, 1.82) is 0 Å². The van der Waals surface area contributed by atoms with E-state index in [0.29, 0.717) is 30.6 Å². The van der Waals surface area contributed by atoms with Crippen LogP contribution in [0.25, 0.3) is 0 Å². The SMILES string of the molecule is CCCOc1ccc(C(=O)N2CCC(N3CCNCC3)C2)cc1OCCC. The van der Waals surface area contributed by atoms with Gasteiger partial charge in [0.25, 0.3) is 5.91 Å². The highest BCUT2D eigenvalue weighted by Crippen LogP contribution is 2.30. The smallest absolute Gasteiger partial charge is 0.254 e. The molecule has 27 heavy (non-hydrogen) atoms. The van der Waals surface area contributed by atoms with Crippen molar-refractivity contribution in [3.05, 3.63) is 23.8 Å². The molecular formula is C21H33N3O3. The Labute approximate surface area is 162 Å². The Kier molecular flexibility index (Phi) is 7.35. The molecule has 1 unspecified atom stereocenters. The molecule has 1 atom stereocenters. The van der Waals surface area contributed by atoms with E-state index in [1.807, 2.05) is 23.1 Å². The first kappa shape index (κ1) is 20.0.